The minimum atomic E-state index is -0.974. The summed E-state index contributed by atoms with van der Waals surface area (Å²) in [7, 11) is 0. The average molecular weight is 532 g/mol. The normalized spacial score (nSPS) is 11.8. The lowest BCUT2D eigenvalue weighted by Crippen LogP contribution is -2.37. The van der Waals surface area contributed by atoms with Crippen LogP contribution in [0.4, 0.5) is 4.79 Å². The summed E-state index contributed by atoms with van der Waals surface area (Å²) in [5.41, 5.74) is 2.05. The third kappa shape index (κ3) is 11.5. The van der Waals surface area contributed by atoms with Crippen LogP contribution in [0.1, 0.15) is 57.6 Å². The molecule has 2 aromatic carbocycles. The molecule has 0 aliphatic rings. The number of thioether (sulfide) groups is 1. The maximum absolute atomic E-state index is 12.9. The Labute approximate surface area is 225 Å². The Morgan fingerprint density at radius 1 is 0.946 bits per heavy atom. The number of carbonyl (C=O) groups excluding carboxylic acids is 1. The zero-order valence-electron chi connectivity index (χ0n) is 22.5. The van der Waals surface area contributed by atoms with Crippen LogP contribution in [0.3, 0.4) is 0 Å². The van der Waals surface area contributed by atoms with Crippen molar-refractivity contribution >= 4 is 23.8 Å². The van der Waals surface area contributed by atoms with E-state index in [9.17, 15) is 14.7 Å². The lowest BCUT2D eigenvalue weighted by molar-refractivity contribution is -0.149. The first-order valence-corrected chi connectivity index (χ1v) is 14.2. The van der Waals surface area contributed by atoms with E-state index >= 15 is 0 Å². The predicted molar refractivity (Wildman–Crippen MR) is 149 cm³/mol. The van der Waals surface area contributed by atoms with E-state index in [4.69, 9.17) is 14.2 Å². The van der Waals surface area contributed by atoms with Gasteiger partial charge < -0.3 is 24.2 Å². The molecule has 1 unspecified atom stereocenters. The van der Waals surface area contributed by atoms with Crippen LogP contribution >= 0.6 is 11.8 Å². The lowest BCUT2D eigenvalue weighted by Gasteiger charge is -2.22. The monoisotopic (exact) mass is 531 g/mol. The molecule has 37 heavy (non-hydrogen) atoms. The highest BCUT2D eigenvalue weighted by Gasteiger charge is 2.18. The van der Waals surface area contributed by atoms with Gasteiger partial charge in [0.15, 0.2) is 6.10 Å². The fourth-order valence-electron chi connectivity index (χ4n) is 3.61. The number of nitrogens with zero attached hydrogens (tertiary/aromatic N) is 1. The van der Waals surface area contributed by atoms with Gasteiger partial charge in [-0.05, 0) is 72.6 Å². The van der Waals surface area contributed by atoms with Crippen LogP contribution in [0.5, 0.6) is 11.5 Å². The van der Waals surface area contributed by atoms with Gasteiger partial charge >= 0.3 is 12.1 Å². The summed E-state index contributed by atoms with van der Waals surface area (Å²) in [6, 6.07) is 14.9. The lowest BCUT2D eigenvalue weighted by atomic mass is 10.0. The molecule has 8 heteroatoms. The molecule has 1 amide bonds. The van der Waals surface area contributed by atoms with E-state index in [0.717, 1.165) is 29.9 Å². The van der Waals surface area contributed by atoms with Crippen LogP contribution in [-0.2, 0) is 16.0 Å². The Hall–Kier alpha value is -2.71. The molecule has 1 N–H and O–H groups in total. The second kappa shape index (κ2) is 16.9. The first-order valence-electron chi connectivity index (χ1n) is 13.0. The Morgan fingerprint density at radius 2 is 1.62 bits per heavy atom. The minimum Gasteiger partial charge on any atom is -0.492 e. The highest BCUT2D eigenvalue weighted by molar-refractivity contribution is 7.99. The minimum absolute atomic E-state index is 0.289. The van der Waals surface area contributed by atoms with E-state index in [1.54, 1.807) is 24.0 Å². The van der Waals surface area contributed by atoms with Gasteiger partial charge in [-0.1, -0.05) is 45.0 Å². The number of amides is 1. The summed E-state index contributed by atoms with van der Waals surface area (Å²) in [5, 5.41) is 9.27. The number of carboxylic acid groups (broad SMARTS) is 1. The molecule has 0 aliphatic heterocycles. The summed E-state index contributed by atoms with van der Waals surface area (Å²) >= 11 is 1.89. The summed E-state index contributed by atoms with van der Waals surface area (Å²) < 4.78 is 16.8. The third-order valence-electron chi connectivity index (χ3n) is 5.69. The molecular formula is C29H41NO6S. The first kappa shape index (κ1) is 30.5. The second-order valence-corrected chi connectivity index (χ2v) is 10.2. The topological polar surface area (TPSA) is 85.3 Å². The van der Waals surface area contributed by atoms with Gasteiger partial charge in [-0.3, -0.25) is 0 Å². The molecule has 2 rings (SSSR count). The van der Waals surface area contributed by atoms with Crippen molar-refractivity contribution < 1.29 is 28.9 Å². The van der Waals surface area contributed by atoms with Crippen LogP contribution in [0.25, 0.3) is 0 Å². The van der Waals surface area contributed by atoms with E-state index in [-0.39, 0.29) is 12.5 Å². The molecule has 0 aromatic heterocycles. The van der Waals surface area contributed by atoms with E-state index in [2.05, 4.69) is 20.8 Å². The van der Waals surface area contributed by atoms with Crippen LogP contribution in [0.2, 0.25) is 0 Å². The molecule has 0 fully saturated rings. The van der Waals surface area contributed by atoms with Crippen molar-refractivity contribution in [2.75, 3.05) is 37.8 Å². The number of hydrogen-bond donors (Lipinski definition) is 1. The number of carboxylic acids is 1. The zero-order chi connectivity index (χ0) is 27.0. The molecule has 0 heterocycles. The van der Waals surface area contributed by atoms with Gasteiger partial charge in [0.1, 0.15) is 18.1 Å². The SMILES string of the molecule is CCCSCCCN(CCOc1ccc(CC(OCC)C(=O)O)cc1)C(=O)Oc1ccc(C(C)C)cc1. The molecule has 2 aromatic rings. The van der Waals surface area contributed by atoms with Crippen LogP contribution in [-0.4, -0.2) is 66.0 Å². The highest BCUT2D eigenvalue weighted by Crippen LogP contribution is 2.20. The third-order valence-corrected chi connectivity index (χ3v) is 6.97. The van der Waals surface area contributed by atoms with Crippen LogP contribution in [0, 0.1) is 0 Å². The summed E-state index contributed by atoms with van der Waals surface area (Å²) in [5.74, 6) is 2.73. The van der Waals surface area contributed by atoms with Gasteiger partial charge in [0.2, 0.25) is 0 Å². The number of aliphatic carboxylic acids is 1. The number of rotatable bonds is 17. The molecule has 204 valence electrons. The molecule has 0 aliphatic carbocycles. The molecule has 0 radical (unpaired) electrons. The van der Waals surface area contributed by atoms with Gasteiger partial charge in [0.05, 0.1) is 6.54 Å². The van der Waals surface area contributed by atoms with Crippen LogP contribution in [0.15, 0.2) is 48.5 Å². The first-order chi connectivity index (χ1) is 17.8. The van der Waals surface area contributed by atoms with Gasteiger partial charge in [0.25, 0.3) is 0 Å². The maximum atomic E-state index is 12.9. The Balaban J connectivity index is 1.92. The molecule has 0 spiro atoms. The summed E-state index contributed by atoms with van der Waals surface area (Å²) in [6.45, 7) is 9.84. The van der Waals surface area contributed by atoms with E-state index in [0.29, 0.717) is 43.7 Å². The standard InChI is InChI=1S/C29H41NO6S/c1-5-19-37-20-7-16-30(29(33)36-26-14-10-24(11-15-26)22(3)4)17-18-35-25-12-8-23(9-13-25)21-27(28(31)32)34-6-2/h8-15,22,27H,5-7,16-21H2,1-4H3,(H,31,32). The average Bonchev–Trinajstić information content (AvgIpc) is 2.88. The number of hydrogen-bond acceptors (Lipinski definition) is 6. The quantitative estimate of drug-likeness (QED) is 0.241. The number of carbonyl (C=O) groups is 2. The van der Waals surface area contributed by atoms with E-state index < -0.39 is 12.1 Å². The van der Waals surface area contributed by atoms with Gasteiger partial charge in [-0.25, -0.2) is 9.59 Å². The van der Waals surface area contributed by atoms with Crippen LogP contribution < -0.4 is 9.47 Å². The van der Waals surface area contributed by atoms with Crippen molar-refractivity contribution in [3.05, 3.63) is 59.7 Å². The molecular weight excluding hydrogens is 490 g/mol. The van der Waals surface area contributed by atoms with Crippen molar-refractivity contribution in [1.29, 1.82) is 0 Å². The van der Waals surface area contributed by atoms with Gasteiger partial charge in [-0.2, -0.15) is 11.8 Å². The van der Waals surface area contributed by atoms with Crippen molar-refractivity contribution in [1.82, 2.24) is 4.90 Å². The van der Waals surface area contributed by atoms with Gasteiger partial charge in [-0.15, -0.1) is 0 Å². The van der Waals surface area contributed by atoms with Crippen molar-refractivity contribution in [2.24, 2.45) is 0 Å². The Kier molecular flexibility index (Phi) is 14.0. The molecule has 0 saturated carbocycles. The fourth-order valence-corrected chi connectivity index (χ4v) is 4.44. The van der Waals surface area contributed by atoms with E-state index in [1.807, 2.05) is 48.2 Å². The zero-order valence-corrected chi connectivity index (χ0v) is 23.3. The molecule has 0 saturated heterocycles. The van der Waals surface area contributed by atoms with Crippen molar-refractivity contribution in [2.45, 2.75) is 59.0 Å². The smallest absolute Gasteiger partial charge is 0.415 e. The Bertz CT molecular complexity index is 932. The summed E-state index contributed by atoms with van der Waals surface area (Å²) in [4.78, 5) is 25.9. The van der Waals surface area contributed by atoms with Crippen molar-refractivity contribution in [3.63, 3.8) is 0 Å². The van der Waals surface area contributed by atoms with Crippen molar-refractivity contribution in [3.8, 4) is 11.5 Å². The second-order valence-electron chi connectivity index (χ2n) is 9.02. The maximum Gasteiger partial charge on any atom is 0.415 e. The molecule has 0 bridgehead atoms. The summed E-state index contributed by atoms with van der Waals surface area (Å²) in [6.07, 6.45) is 1.06. The number of ether oxygens (including phenoxy) is 3. The largest absolute Gasteiger partial charge is 0.492 e. The predicted octanol–water partition coefficient (Wildman–Crippen LogP) is 6.26. The highest BCUT2D eigenvalue weighted by atomic mass is 32.2. The fraction of sp³-hybridized carbons (Fsp3) is 0.517. The molecule has 1 atom stereocenters. The Morgan fingerprint density at radius 3 is 2.22 bits per heavy atom. The number of benzene rings is 2. The van der Waals surface area contributed by atoms with Gasteiger partial charge in [0, 0.05) is 19.6 Å². The van der Waals surface area contributed by atoms with E-state index in [1.165, 1.54) is 5.56 Å². The molecule has 7 nitrogen and oxygen atoms in total.